The van der Waals surface area contributed by atoms with Crippen molar-refractivity contribution in [1.82, 2.24) is 5.32 Å². The molecule has 0 aromatic heterocycles. The molecule has 1 rings (SSSR count). The molecule has 0 spiro atoms. The van der Waals surface area contributed by atoms with Gasteiger partial charge in [-0.05, 0) is 36.5 Å². The van der Waals surface area contributed by atoms with Crippen LogP contribution in [0.1, 0.15) is 67.7 Å². The smallest absolute Gasteiger partial charge is 0.0897 e. The highest BCUT2D eigenvalue weighted by Crippen LogP contribution is 2.59. The summed E-state index contributed by atoms with van der Waals surface area (Å²) >= 11 is 0. The van der Waals surface area contributed by atoms with Gasteiger partial charge in [-0.15, -0.1) is 0 Å². The van der Waals surface area contributed by atoms with E-state index >= 15 is 0 Å². The third kappa shape index (κ3) is 4.20. The number of nitrogens with one attached hydrogen (secondary N) is 1. The number of hydrogen-bond donors (Lipinski definition) is 2. The fourth-order valence-electron chi connectivity index (χ4n) is 3.93. The number of ether oxygens (including phenoxy) is 1. The van der Waals surface area contributed by atoms with Gasteiger partial charge in [0.05, 0.1) is 18.8 Å². The minimum absolute atomic E-state index is 0.178. The van der Waals surface area contributed by atoms with Crippen molar-refractivity contribution >= 4 is 0 Å². The Kier molecular flexibility index (Phi) is 6.70. The van der Waals surface area contributed by atoms with Gasteiger partial charge in [0.2, 0.25) is 0 Å². The highest BCUT2D eigenvalue weighted by atomic mass is 16.5. The van der Waals surface area contributed by atoms with E-state index in [-0.39, 0.29) is 11.5 Å². The Morgan fingerprint density at radius 3 is 2.33 bits per heavy atom. The first kappa shape index (κ1) is 18.9. The zero-order chi connectivity index (χ0) is 16.3. The second-order valence-corrected chi connectivity index (χ2v) is 7.98. The van der Waals surface area contributed by atoms with Gasteiger partial charge in [-0.2, -0.15) is 0 Å². The molecule has 2 unspecified atom stereocenters. The molecule has 1 aliphatic rings. The molecule has 1 fully saturated rings. The van der Waals surface area contributed by atoms with E-state index < -0.39 is 6.10 Å². The van der Waals surface area contributed by atoms with Crippen molar-refractivity contribution in [3.05, 3.63) is 0 Å². The van der Waals surface area contributed by atoms with Gasteiger partial charge in [-0.3, -0.25) is 0 Å². The first-order valence-electron chi connectivity index (χ1n) is 8.68. The molecule has 0 saturated heterocycles. The van der Waals surface area contributed by atoms with Crippen LogP contribution in [0, 0.1) is 16.7 Å². The fourth-order valence-corrected chi connectivity index (χ4v) is 3.93. The first-order chi connectivity index (χ1) is 9.65. The largest absolute Gasteiger partial charge is 0.389 e. The van der Waals surface area contributed by atoms with Crippen molar-refractivity contribution in [2.24, 2.45) is 16.7 Å². The molecule has 3 heteroatoms. The van der Waals surface area contributed by atoms with E-state index in [9.17, 15) is 5.11 Å². The van der Waals surface area contributed by atoms with Crippen LogP contribution in [0.25, 0.3) is 0 Å². The topological polar surface area (TPSA) is 41.5 Å². The normalized spacial score (nSPS) is 31.6. The average molecular weight is 299 g/mol. The van der Waals surface area contributed by atoms with Crippen molar-refractivity contribution in [3.8, 4) is 0 Å². The van der Waals surface area contributed by atoms with Crippen LogP contribution in [0.5, 0.6) is 0 Å². The summed E-state index contributed by atoms with van der Waals surface area (Å²) in [7, 11) is 0. The lowest BCUT2D eigenvalue weighted by Gasteiger charge is -2.45. The van der Waals surface area contributed by atoms with Crippen molar-refractivity contribution in [3.63, 3.8) is 0 Å². The SMILES string of the molecule is CCC1CCC(C)([C@@H](C)OC[C@H](O)CNC(C)C)C1(C)C. The molecule has 126 valence electrons. The van der Waals surface area contributed by atoms with Gasteiger partial charge in [-0.1, -0.05) is 48.0 Å². The lowest BCUT2D eigenvalue weighted by atomic mass is 9.63. The monoisotopic (exact) mass is 299 g/mol. The number of aliphatic hydroxyl groups is 1. The maximum absolute atomic E-state index is 10.0. The van der Waals surface area contributed by atoms with Crippen LogP contribution in [0.3, 0.4) is 0 Å². The van der Waals surface area contributed by atoms with Crippen molar-refractivity contribution in [2.45, 2.75) is 86.0 Å². The molecule has 1 saturated carbocycles. The quantitative estimate of drug-likeness (QED) is 0.719. The summed E-state index contributed by atoms with van der Waals surface area (Å²) in [5, 5.41) is 13.3. The van der Waals surface area contributed by atoms with Crippen LogP contribution >= 0.6 is 0 Å². The van der Waals surface area contributed by atoms with Crippen LogP contribution in [-0.2, 0) is 4.74 Å². The van der Waals surface area contributed by atoms with Crippen LogP contribution < -0.4 is 5.32 Å². The Morgan fingerprint density at radius 1 is 1.24 bits per heavy atom. The van der Waals surface area contributed by atoms with Crippen LogP contribution in [-0.4, -0.2) is 36.5 Å². The van der Waals surface area contributed by atoms with Crippen molar-refractivity contribution in [1.29, 1.82) is 0 Å². The summed E-state index contributed by atoms with van der Waals surface area (Å²) in [4.78, 5) is 0. The molecule has 0 amide bonds. The van der Waals surface area contributed by atoms with Gasteiger partial charge in [0.25, 0.3) is 0 Å². The minimum atomic E-state index is -0.426. The molecule has 0 heterocycles. The summed E-state index contributed by atoms with van der Waals surface area (Å²) < 4.78 is 6.06. The second kappa shape index (κ2) is 7.43. The van der Waals surface area contributed by atoms with E-state index in [1.54, 1.807) is 0 Å². The molecule has 0 radical (unpaired) electrons. The molecule has 3 nitrogen and oxygen atoms in total. The third-order valence-corrected chi connectivity index (χ3v) is 6.20. The maximum Gasteiger partial charge on any atom is 0.0897 e. The van der Waals surface area contributed by atoms with Gasteiger partial charge >= 0.3 is 0 Å². The summed E-state index contributed by atoms with van der Waals surface area (Å²) in [6.07, 6.45) is 3.52. The molecule has 4 atom stereocenters. The van der Waals surface area contributed by atoms with Crippen LogP contribution in [0.4, 0.5) is 0 Å². The maximum atomic E-state index is 10.0. The van der Waals surface area contributed by atoms with E-state index in [4.69, 9.17) is 4.74 Å². The molecule has 0 aromatic rings. The van der Waals surface area contributed by atoms with E-state index in [0.29, 0.717) is 24.6 Å². The van der Waals surface area contributed by atoms with E-state index in [2.05, 4.69) is 53.8 Å². The van der Waals surface area contributed by atoms with Crippen molar-refractivity contribution < 1.29 is 9.84 Å². The summed E-state index contributed by atoms with van der Waals surface area (Å²) in [5.41, 5.74) is 0.487. The molecule has 0 aliphatic heterocycles. The van der Waals surface area contributed by atoms with Gasteiger partial charge in [0.1, 0.15) is 0 Å². The van der Waals surface area contributed by atoms with Crippen molar-refractivity contribution in [2.75, 3.05) is 13.2 Å². The molecule has 1 aliphatic carbocycles. The first-order valence-corrected chi connectivity index (χ1v) is 8.68. The Morgan fingerprint density at radius 2 is 1.86 bits per heavy atom. The number of rotatable bonds is 8. The number of hydrogen-bond acceptors (Lipinski definition) is 3. The molecule has 0 bridgehead atoms. The number of aliphatic hydroxyl groups excluding tert-OH is 1. The van der Waals surface area contributed by atoms with Crippen LogP contribution in [0.15, 0.2) is 0 Å². The predicted molar refractivity (Wildman–Crippen MR) is 89.5 cm³/mol. The summed E-state index contributed by atoms with van der Waals surface area (Å²) in [6.45, 7) is 16.8. The lowest BCUT2D eigenvalue weighted by molar-refractivity contribution is -0.0962. The fraction of sp³-hybridized carbons (Fsp3) is 1.00. The minimum Gasteiger partial charge on any atom is -0.389 e. The Bertz CT molecular complexity index is 316. The molecular weight excluding hydrogens is 262 g/mol. The van der Waals surface area contributed by atoms with E-state index in [1.807, 2.05) is 0 Å². The van der Waals surface area contributed by atoms with Gasteiger partial charge in [-0.25, -0.2) is 0 Å². The molecule has 0 aromatic carbocycles. The summed E-state index contributed by atoms with van der Waals surface area (Å²) in [6, 6.07) is 0.397. The second-order valence-electron chi connectivity index (χ2n) is 7.98. The highest BCUT2D eigenvalue weighted by Gasteiger charge is 2.53. The Balaban J connectivity index is 2.53. The third-order valence-electron chi connectivity index (χ3n) is 6.20. The Hall–Kier alpha value is -0.120. The van der Waals surface area contributed by atoms with Gasteiger partial charge in [0.15, 0.2) is 0 Å². The van der Waals surface area contributed by atoms with E-state index in [1.165, 1.54) is 19.3 Å². The Labute approximate surface area is 131 Å². The molecule has 21 heavy (non-hydrogen) atoms. The summed E-state index contributed by atoms with van der Waals surface area (Å²) in [5.74, 6) is 0.779. The zero-order valence-electron chi connectivity index (χ0n) is 15.2. The highest BCUT2D eigenvalue weighted by molar-refractivity contribution is 5.02. The van der Waals surface area contributed by atoms with E-state index in [0.717, 1.165) is 5.92 Å². The standard InChI is InChI=1S/C18H37NO2/c1-8-15-9-10-18(7,17(15,5)6)14(4)21-12-16(20)11-19-13(2)3/h13-16,19-20H,8-12H2,1-7H3/t14-,15?,16-,18?/m1/s1. The predicted octanol–water partition coefficient (Wildman–Crippen LogP) is 3.60. The van der Waals surface area contributed by atoms with Crippen LogP contribution in [0.2, 0.25) is 0 Å². The van der Waals surface area contributed by atoms with Gasteiger partial charge in [0, 0.05) is 12.6 Å². The average Bonchev–Trinajstić information content (AvgIpc) is 2.65. The van der Waals surface area contributed by atoms with Gasteiger partial charge < -0.3 is 15.2 Å². The molecule has 2 N–H and O–H groups in total. The molecular formula is C18H37NO2. The zero-order valence-corrected chi connectivity index (χ0v) is 15.2. The lowest BCUT2D eigenvalue weighted by Crippen LogP contribution is -2.44.